The Balaban J connectivity index is 2.51. The Kier molecular flexibility index (Phi) is 3.04. The molecular formula is C15H17N. The Labute approximate surface area is 96.6 Å². The van der Waals surface area contributed by atoms with Crippen LogP contribution in [0.2, 0.25) is 0 Å². The Morgan fingerprint density at radius 3 is 2.38 bits per heavy atom. The van der Waals surface area contributed by atoms with Crippen LogP contribution in [0.15, 0.2) is 36.4 Å². The summed E-state index contributed by atoms with van der Waals surface area (Å²) in [5.74, 6) is 0. The molecule has 0 saturated heterocycles. The van der Waals surface area contributed by atoms with Crippen LogP contribution in [0.5, 0.6) is 0 Å². The molecule has 1 N–H and O–H groups in total. The van der Waals surface area contributed by atoms with Gasteiger partial charge in [0.05, 0.1) is 0 Å². The summed E-state index contributed by atoms with van der Waals surface area (Å²) < 4.78 is 0. The lowest BCUT2D eigenvalue weighted by molar-refractivity contribution is 1.15. The van der Waals surface area contributed by atoms with E-state index in [1.807, 2.05) is 13.0 Å². The van der Waals surface area contributed by atoms with Gasteiger partial charge in [0, 0.05) is 5.71 Å². The smallest absolute Gasteiger partial charge is 0.0383 e. The molecule has 82 valence electrons. The number of hydrogen-bond acceptors (Lipinski definition) is 1. The van der Waals surface area contributed by atoms with Crippen LogP contribution in [0.3, 0.4) is 0 Å². The van der Waals surface area contributed by atoms with Gasteiger partial charge in [-0.3, -0.25) is 0 Å². The molecule has 2 aromatic rings. The summed E-state index contributed by atoms with van der Waals surface area (Å²) >= 11 is 0. The zero-order valence-corrected chi connectivity index (χ0v) is 9.88. The van der Waals surface area contributed by atoms with E-state index in [-0.39, 0.29) is 0 Å². The molecule has 0 amide bonds. The highest BCUT2D eigenvalue weighted by Crippen LogP contribution is 2.19. The zero-order chi connectivity index (χ0) is 11.5. The molecule has 16 heavy (non-hydrogen) atoms. The summed E-state index contributed by atoms with van der Waals surface area (Å²) in [5.41, 5.74) is 3.12. The SMILES string of the molecule is CCC(=N)c1ccc2cc(CC)ccc2c1. The van der Waals surface area contributed by atoms with E-state index in [0.717, 1.165) is 18.4 Å². The van der Waals surface area contributed by atoms with Crippen LogP contribution in [0.4, 0.5) is 0 Å². The van der Waals surface area contributed by atoms with Crippen molar-refractivity contribution in [1.82, 2.24) is 0 Å². The molecule has 0 aliphatic carbocycles. The molecule has 0 fully saturated rings. The maximum atomic E-state index is 7.83. The van der Waals surface area contributed by atoms with Crippen molar-refractivity contribution < 1.29 is 0 Å². The highest BCUT2D eigenvalue weighted by molar-refractivity contribution is 6.01. The van der Waals surface area contributed by atoms with Crippen molar-refractivity contribution in [3.63, 3.8) is 0 Å². The van der Waals surface area contributed by atoms with Crippen LogP contribution in [0.25, 0.3) is 10.8 Å². The molecule has 0 bridgehead atoms. The van der Waals surface area contributed by atoms with E-state index >= 15 is 0 Å². The number of rotatable bonds is 3. The molecule has 2 rings (SSSR count). The van der Waals surface area contributed by atoms with Gasteiger partial charge in [0.2, 0.25) is 0 Å². The van der Waals surface area contributed by atoms with E-state index in [0.29, 0.717) is 5.71 Å². The molecule has 0 aliphatic heterocycles. The van der Waals surface area contributed by atoms with Crippen molar-refractivity contribution in [3.8, 4) is 0 Å². The monoisotopic (exact) mass is 211 g/mol. The summed E-state index contributed by atoms with van der Waals surface area (Å²) in [4.78, 5) is 0. The first-order valence-corrected chi connectivity index (χ1v) is 5.85. The number of fused-ring (bicyclic) bond motifs is 1. The molecule has 0 spiro atoms. The van der Waals surface area contributed by atoms with Crippen molar-refractivity contribution in [3.05, 3.63) is 47.5 Å². The van der Waals surface area contributed by atoms with Gasteiger partial charge in [0.1, 0.15) is 0 Å². The first-order valence-electron chi connectivity index (χ1n) is 5.85. The van der Waals surface area contributed by atoms with Crippen LogP contribution in [0, 0.1) is 5.41 Å². The van der Waals surface area contributed by atoms with Gasteiger partial charge in [0.25, 0.3) is 0 Å². The minimum absolute atomic E-state index is 0.710. The third kappa shape index (κ3) is 1.99. The zero-order valence-electron chi connectivity index (χ0n) is 9.88. The molecule has 0 unspecified atom stereocenters. The Morgan fingerprint density at radius 1 is 1.00 bits per heavy atom. The molecule has 0 heterocycles. The molecule has 0 atom stereocenters. The van der Waals surface area contributed by atoms with Crippen molar-refractivity contribution in [2.75, 3.05) is 0 Å². The van der Waals surface area contributed by atoms with Gasteiger partial charge in [-0.2, -0.15) is 0 Å². The van der Waals surface area contributed by atoms with Crippen LogP contribution in [0.1, 0.15) is 31.4 Å². The van der Waals surface area contributed by atoms with Crippen LogP contribution < -0.4 is 0 Å². The van der Waals surface area contributed by atoms with Gasteiger partial charge < -0.3 is 5.41 Å². The van der Waals surface area contributed by atoms with E-state index in [1.165, 1.54) is 16.3 Å². The maximum absolute atomic E-state index is 7.83. The highest BCUT2D eigenvalue weighted by Gasteiger charge is 2.01. The van der Waals surface area contributed by atoms with Crippen LogP contribution in [-0.4, -0.2) is 5.71 Å². The van der Waals surface area contributed by atoms with Gasteiger partial charge in [-0.25, -0.2) is 0 Å². The first kappa shape index (κ1) is 10.9. The van der Waals surface area contributed by atoms with Crippen LogP contribution in [-0.2, 0) is 6.42 Å². The minimum atomic E-state index is 0.710. The normalized spacial score (nSPS) is 10.6. The van der Waals surface area contributed by atoms with Crippen molar-refractivity contribution in [1.29, 1.82) is 5.41 Å². The number of aryl methyl sites for hydroxylation is 1. The molecule has 1 heteroatoms. The van der Waals surface area contributed by atoms with Crippen LogP contribution >= 0.6 is 0 Å². The predicted molar refractivity (Wildman–Crippen MR) is 70.4 cm³/mol. The summed E-state index contributed by atoms with van der Waals surface area (Å²) in [7, 11) is 0. The fourth-order valence-corrected chi connectivity index (χ4v) is 1.91. The predicted octanol–water partition coefficient (Wildman–Crippen LogP) is 4.18. The summed E-state index contributed by atoms with van der Waals surface area (Å²) in [6.07, 6.45) is 1.86. The number of nitrogens with one attached hydrogen (secondary N) is 1. The van der Waals surface area contributed by atoms with Gasteiger partial charge in [0.15, 0.2) is 0 Å². The second-order valence-corrected chi connectivity index (χ2v) is 4.08. The standard InChI is InChI=1S/C15H17N/c1-3-11-5-6-13-10-14(15(16)4-2)8-7-12(13)9-11/h5-10,16H,3-4H2,1-2H3. The Hall–Kier alpha value is -1.63. The van der Waals surface area contributed by atoms with E-state index in [2.05, 4.69) is 37.3 Å². The van der Waals surface area contributed by atoms with Crippen molar-refractivity contribution >= 4 is 16.5 Å². The number of benzene rings is 2. The fourth-order valence-electron chi connectivity index (χ4n) is 1.91. The largest absolute Gasteiger partial charge is 0.305 e. The lowest BCUT2D eigenvalue weighted by Crippen LogP contribution is -1.95. The fraction of sp³-hybridized carbons (Fsp3) is 0.267. The average molecular weight is 211 g/mol. The van der Waals surface area contributed by atoms with Gasteiger partial charge >= 0.3 is 0 Å². The molecule has 0 saturated carbocycles. The molecule has 2 aromatic carbocycles. The highest BCUT2D eigenvalue weighted by atomic mass is 14.4. The van der Waals surface area contributed by atoms with Crippen molar-refractivity contribution in [2.45, 2.75) is 26.7 Å². The minimum Gasteiger partial charge on any atom is -0.305 e. The second kappa shape index (κ2) is 4.48. The molecule has 0 aliphatic rings. The molecule has 1 nitrogen and oxygen atoms in total. The summed E-state index contributed by atoms with van der Waals surface area (Å²) in [6.45, 7) is 4.19. The lowest BCUT2D eigenvalue weighted by atomic mass is 10.0. The molecular weight excluding hydrogens is 194 g/mol. The van der Waals surface area contributed by atoms with Gasteiger partial charge in [-0.1, -0.05) is 44.2 Å². The molecule has 0 aromatic heterocycles. The average Bonchev–Trinajstić information content (AvgIpc) is 2.36. The third-order valence-electron chi connectivity index (χ3n) is 3.01. The second-order valence-electron chi connectivity index (χ2n) is 4.08. The van der Waals surface area contributed by atoms with E-state index in [4.69, 9.17) is 5.41 Å². The maximum Gasteiger partial charge on any atom is 0.0383 e. The quantitative estimate of drug-likeness (QED) is 0.736. The first-order chi connectivity index (χ1) is 7.74. The lowest BCUT2D eigenvalue weighted by Gasteiger charge is -2.05. The van der Waals surface area contributed by atoms with Gasteiger partial charge in [-0.05, 0) is 40.8 Å². The topological polar surface area (TPSA) is 23.9 Å². The van der Waals surface area contributed by atoms with Crippen molar-refractivity contribution in [2.24, 2.45) is 0 Å². The van der Waals surface area contributed by atoms with E-state index < -0.39 is 0 Å². The van der Waals surface area contributed by atoms with Gasteiger partial charge in [-0.15, -0.1) is 0 Å². The number of hydrogen-bond donors (Lipinski definition) is 1. The summed E-state index contributed by atoms with van der Waals surface area (Å²) in [5, 5.41) is 10.3. The third-order valence-corrected chi connectivity index (χ3v) is 3.01. The Morgan fingerprint density at radius 2 is 1.69 bits per heavy atom. The Bertz CT molecular complexity index is 526. The molecule has 0 radical (unpaired) electrons. The summed E-state index contributed by atoms with van der Waals surface area (Å²) in [6, 6.07) is 12.8. The van der Waals surface area contributed by atoms with E-state index in [9.17, 15) is 0 Å². The van der Waals surface area contributed by atoms with E-state index in [1.54, 1.807) is 0 Å².